The van der Waals surface area contributed by atoms with Crippen molar-refractivity contribution in [3.63, 3.8) is 0 Å². The van der Waals surface area contributed by atoms with Crippen LogP contribution in [0.15, 0.2) is 36.4 Å². The van der Waals surface area contributed by atoms with Gasteiger partial charge in [0.1, 0.15) is 36.6 Å². The van der Waals surface area contributed by atoms with Crippen LogP contribution in [0.3, 0.4) is 0 Å². The van der Waals surface area contributed by atoms with Crippen LogP contribution in [0.1, 0.15) is 49.0 Å². The molecule has 0 aliphatic rings. The maximum atomic E-state index is 6.05. The molecule has 0 saturated heterocycles. The molecule has 0 N–H and O–H groups in total. The molecule has 2 unspecified atom stereocenters. The van der Waals surface area contributed by atoms with E-state index < -0.39 is 0 Å². The average molecular weight is 539 g/mol. The van der Waals surface area contributed by atoms with Crippen LogP contribution in [0.2, 0.25) is 0 Å². The van der Waals surface area contributed by atoms with E-state index in [-0.39, 0.29) is 39.4 Å². The maximum Gasteiger partial charge on any atom is 0.188 e. The Bertz CT molecular complexity index is 834. The summed E-state index contributed by atoms with van der Waals surface area (Å²) in [5, 5.41) is 0. The Morgan fingerprint density at radius 3 is 1.26 bits per heavy atom. The molecule has 0 aliphatic heterocycles. The second kappa shape index (κ2) is 18.6. The summed E-state index contributed by atoms with van der Waals surface area (Å²) in [6.07, 6.45) is 2.60. The Labute approximate surface area is 225 Å². The minimum atomic E-state index is -0.271. The smallest absolute Gasteiger partial charge is 0.188 e. The highest BCUT2D eigenvalue weighted by atomic mass is 16.7. The molecule has 0 heterocycles. The van der Waals surface area contributed by atoms with Crippen LogP contribution in [-0.2, 0) is 28.4 Å². The molecule has 10 nitrogen and oxygen atoms in total. The second-order valence-corrected chi connectivity index (χ2v) is 8.32. The summed E-state index contributed by atoms with van der Waals surface area (Å²) >= 11 is 0. The summed E-state index contributed by atoms with van der Waals surface area (Å²) in [6, 6.07) is 11.2. The number of hydrogen-bond acceptors (Lipinski definition) is 10. The molecule has 0 fully saturated rings. The topological polar surface area (TPSA) is 92.3 Å². The highest BCUT2D eigenvalue weighted by molar-refractivity contribution is 5.42. The van der Waals surface area contributed by atoms with Crippen molar-refractivity contribution in [3.05, 3.63) is 47.5 Å². The number of methoxy groups -OCH3 is 6. The molecule has 2 aromatic carbocycles. The molecule has 0 aliphatic carbocycles. The van der Waals surface area contributed by atoms with E-state index >= 15 is 0 Å². The zero-order valence-corrected chi connectivity index (χ0v) is 23.4. The van der Waals surface area contributed by atoms with Crippen LogP contribution in [0.5, 0.6) is 23.0 Å². The van der Waals surface area contributed by atoms with Crippen LogP contribution in [-0.4, -0.2) is 69.8 Å². The summed E-state index contributed by atoms with van der Waals surface area (Å²) in [4.78, 5) is 0. The summed E-state index contributed by atoms with van der Waals surface area (Å²) in [7, 11) is 9.61. The molecule has 10 heteroatoms. The van der Waals surface area contributed by atoms with E-state index in [0.717, 1.165) is 36.8 Å². The molecule has 2 rings (SSSR count). The lowest BCUT2D eigenvalue weighted by Gasteiger charge is -2.23. The highest BCUT2D eigenvalue weighted by Gasteiger charge is 2.21. The number of unbranched alkanes of at least 4 members (excludes halogenated alkanes) is 1. The van der Waals surface area contributed by atoms with Crippen molar-refractivity contribution in [1.82, 2.24) is 0 Å². The number of benzene rings is 2. The monoisotopic (exact) mass is 538 g/mol. The van der Waals surface area contributed by atoms with Gasteiger partial charge in [0.05, 0.1) is 26.4 Å². The summed E-state index contributed by atoms with van der Waals surface area (Å²) in [5.41, 5.74) is 1.74. The molecule has 0 saturated carbocycles. The third-order valence-electron chi connectivity index (χ3n) is 5.75. The van der Waals surface area contributed by atoms with Crippen molar-refractivity contribution < 1.29 is 47.4 Å². The van der Waals surface area contributed by atoms with Gasteiger partial charge in [0.2, 0.25) is 0 Å². The second-order valence-electron chi connectivity index (χ2n) is 8.32. The first-order chi connectivity index (χ1) is 18.6. The predicted molar refractivity (Wildman–Crippen MR) is 141 cm³/mol. The number of rotatable bonds is 21. The molecule has 0 radical (unpaired) electrons. The van der Waals surface area contributed by atoms with Gasteiger partial charge in [-0.3, -0.25) is 0 Å². The first-order valence-corrected chi connectivity index (χ1v) is 12.4. The first-order valence-electron chi connectivity index (χ1n) is 12.4. The minimum Gasteiger partial charge on any atom is -0.497 e. The third-order valence-corrected chi connectivity index (χ3v) is 5.75. The lowest BCUT2D eigenvalue weighted by atomic mass is 9.98. The zero-order chi connectivity index (χ0) is 27.6. The van der Waals surface area contributed by atoms with Crippen LogP contribution in [0, 0.1) is 0 Å². The predicted octanol–water partition coefficient (Wildman–Crippen LogP) is 5.25. The van der Waals surface area contributed by atoms with Crippen LogP contribution >= 0.6 is 0 Å². The zero-order valence-electron chi connectivity index (χ0n) is 23.4. The Hall–Kier alpha value is -2.60. The first kappa shape index (κ1) is 31.6. The Morgan fingerprint density at radius 2 is 0.921 bits per heavy atom. The molecular formula is C28H42O10. The van der Waals surface area contributed by atoms with Crippen molar-refractivity contribution in [2.75, 3.05) is 69.8 Å². The fourth-order valence-corrected chi connectivity index (χ4v) is 3.94. The van der Waals surface area contributed by atoms with Gasteiger partial charge in [-0.1, -0.05) is 12.8 Å². The summed E-state index contributed by atoms with van der Waals surface area (Å²) < 4.78 is 55.1. The van der Waals surface area contributed by atoms with Crippen molar-refractivity contribution in [3.8, 4) is 23.0 Å². The van der Waals surface area contributed by atoms with E-state index in [1.54, 1.807) is 42.7 Å². The summed E-state index contributed by atoms with van der Waals surface area (Å²) in [5.74, 6) is 2.77. The number of hydrogen-bond donors (Lipinski definition) is 0. The SMILES string of the molecule is COCOc1ccc(OC)cc1C(CCCCC(OCOC)c1cc(OC)ccc1OCOC)OCOC. The fourth-order valence-electron chi connectivity index (χ4n) is 3.94. The van der Waals surface area contributed by atoms with E-state index in [9.17, 15) is 0 Å². The van der Waals surface area contributed by atoms with E-state index in [1.165, 1.54) is 0 Å². The normalized spacial score (nSPS) is 12.7. The molecular weight excluding hydrogens is 496 g/mol. The van der Waals surface area contributed by atoms with E-state index in [1.807, 2.05) is 36.4 Å². The molecule has 0 amide bonds. The molecule has 38 heavy (non-hydrogen) atoms. The highest BCUT2D eigenvalue weighted by Crippen LogP contribution is 2.37. The molecule has 2 aromatic rings. The van der Waals surface area contributed by atoms with Crippen LogP contribution < -0.4 is 18.9 Å². The molecule has 0 bridgehead atoms. The quantitative estimate of drug-likeness (QED) is 0.155. The van der Waals surface area contributed by atoms with E-state index in [2.05, 4.69) is 0 Å². The van der Waals surface area contributed by atoms with Gasteiger partial charge in [-0.15, -0.1) is 0 Å². The van der Waals surface area contributed by atoms with Crippen LogP contribution in [0.25, 0.3) is 0 Å². The molecule has 0 spiro atoms. The van der Waals surface area contributed by atoms with Crippen LogP contribution in [0.4, 0.5) is 0 Å². The van der Waals surface area contributed by atoms with Gasteiger partial charge in [0, 0.05) is 39.6 Å². The van der Waals surface area contributed by atoms with Gasteiger partial charge in [-0.05, 0) is 49.2 Å². The lowest BCUT2D eigenvalue weighted by molar-refractivity contribution is -0.0823. The minimum absolute atomic E-state index is 0.128. The Balaban J connectivity index is 2.17. The van der Waals surface area contributed by atoms with Gasteiger partial charge >= 0.3 is 0 Å². The number of ether oxygens (including phenoxy) is 10. The average Bonchev–Trinajstić information content (AvgIpc) is 2.96. The molecule has 214 valence electrons. The van der Waals surface area contributed by atoms with Gasteiger partial charge in [-0.2, -0.15) is 0 Å². The summed E-state index contributed by atoms with van der Waals surface area (Å²) in [6.45, 7) is 0.552. The fraction of sp³-hybridized carbons (Fsp3) is 0.571. The molecule has 2 atom stereocenters. The largest absolute Gasteiger partial charge is 0.497 e. The Morgan fingerprint density at radius 1 is 0.526 bits per heavy atom. The van der Waals surface area contributed by atoms with Crippen molar-refractivity contribution in [2.45, 2.75) is 37.9 Å². The van der Waals surface area contributed by atoms with Crippen molar-refractivity contribution in [2.24, 2.45) is 0 Å². The van der Waals surface area contributed by atoms with Gasteiger partial charge in [0.25, 0.3) is 0 Å². The molecule has 0 aromatic heterocycles. The van der Waals surface area contributed by atoms with E-state index in [4.69, 9.17) is 47.4 Å². The van der Waals surface area contributed by atoms with E-state index in [0.29, 0.717) is 23.0 Å². The van der Waals surface area contributed by atoms with Gasteiger partial charge in [-0.25, -0.2) is 0 Å². The van der Waals surface area contributed by atoms with Crippen molar-refractivity contribution in [1.29, 1.82) is 0 Å². The third kappa shape index (κ3) is 10.3. The lowest BCUT2D eigenvalue weighted by Crippen LogP contribution is -2.12. The van der Waals surface area contributed by atoms with Crippen molar-refractivity contribution >= 4 is 0 Å². The standard InChI is InChI=1S/C28H42O10/c1-29-17-35-25(23-15-21(33-5)11-13-27(23)37-19-31-3)9-7-8-10-26(36-18-30-2)24-16-22(34-6)12-14-28(24)38-20-32-4/h11-16,25-26H,7-10,17-20H2,1-6H3. The van der Waals surface area contributed by atoms with Gasteiger partial charge in [0.15, 0.2) is 13.6 Å². The van der Waals surface area contributed by atoms with Gasteiger partial charge < -0.3 is 47.4 Å². The maximum absolute atomic E-state index is 6.05. The Kier molecular flexibility index (Phi) is 15.5.